The van der Waals surface area contributed by atoms with Crippen molar-refractivity contribution >= 4 is 58.1 Å². The highest BCUT2D eigenvalue weighted by Crippen LogP contribution is 2.69. The van der Waals surface area contributed by atoms with Crippen LogP contribution in [0.1, 0.15) is 45.8 Å². The molecule has 9 heteroatoms. The van der Waals surface area contributed by atoms with Crippen LogP contribution >= 0.6 is 34.5 Å². The minimum Gasteiger partial charge on any atom is -0.456 e. The summed E-state index contributed by atoms with van der Waals surface area (Å²) in [6, 6.07) is 16.8. The molecule has 4 aliphatic rings. The van der Waals surface area contributed by atoms with Crippen LogP contribution in [0.25, 0.3) is 0 Å². The molecule has 3 atom stereocenters. The molecule has 2 bridgehead atoms. The highest BCUT2D eigenvalue weighted by Gasteiger charge is 2.74. The highest BCUT2D eigenvalue weighted by atomic mass is 35.5. The molecule has 0 unspecified atom stereocenters. The Balaban J connectivity index is 1.41. The van der Waals surface area contributed by atoms with Crippen LogP contribution in [0, 0.1) is 17.8 Å². The van der Waals surface area contributed by atoms with Gasteiger partial charge in [-0.1, -0.05) is 68.4 Å². The third-order valence-electron chi connectivity index (χ3n) is 7.91. The van der Waals surface area contributed by atoms with Crippen LogP contribution in [-0.2, 0) is 28.9 Å². The first-order valence-corrected chi connectivity index (χ1v) is 13.9. The van der Waals surface area contributed by atoms with E-state index in [9.17, 15) is 19.2 Å². The lowest BCUT2D eigenvalue weighted by molar-refractivity contribution is -0.160. The lowest BCUT2D eigenvalue weighted by atomic mass is 9.54. The number of nitrogens with zero attached hydrogens (tertiary/aromatic N) is 1. The molecule has 2 heterocycles. The van der Waals surface area contributed by atoms with Crippen LogP contribution in [0.4, 0.5) is 0 Å². The second-order valence-electron chi connectivity index (χ2n) is 10.2. The van der Waals surface area contributed by atoms with Crippen molar-refractivity contribution in [3.63, 3.8) is 0 Å². The van der Waals surface area contributed by atoms with E-state index in [2.05, 4.69) is 0 Å². The van der Waals surface area contributed by atoms with Crippen molar-refractivity contribution in [2.45, 2.75) is 29.6 Å². The van der Waals surface area contributed by atoms with Gasteiger partial charge in [0.1, 0.15) is 15.8 Å². The van der Waals surface area contributed by atoms with Crippen molar-refractivity contribution in [1.29, 1.82) is 0 Å². The lowest BCUT2D eigenvalue weighted by Gasteiger charge is -2.54. The Hall–Kier alpha value is -3.00. The molecule has 194 valence electrons. The maximum Gasteiger partial charge on any atom is 0.330 e. The Morgan fingerprint density at radius 3 is 1.74 bits per heavy atom. The quantitative estimate of drug-likeness (QED) is 0.179. The number of likely N-dealkylation sites (tertiary alicyclic amines) is 1. The summed E-state index contributed by atoms with van der Waals surface area (Å²) in [5, 5.41) is 1.75. The molecule has 2 aromatic carbocycles. The fraction of sp³-hybridized carbons (Fsp3) is 0.310. The maximum absolute atomic E-state index is 14.2. The van der Waals surface area contributed by atoms with Gasteiger partial charge < -0.3 is 4.74 Å². The fourth-order valence-electron chi connectivity index (χ4n) is 6.37. The zero-order valence-corrected chi connectivity index (χ0v) is 22.8. The van der Waals surface area contributed by atoms with Crippen molar-refractivity contribution in [3.8, 4) is 0 Å². The highest BCUT2D eigenvalue weighted by molar-refractivity contribution is 7.12. The van der Waals surface area contributed by atoms with Crippen LogP contribution in [0.3, 0.4) is 0 Å². The smallest absolute Gasteiger partial charge is 0.330 e. The Kier molecular flexibility index (Phi) is 5.83. The number of imide groups is 1. The van der Waals surface area contributed by atoms with E-state index in [1.54, 1.807) is 31.4 Å². The average molecular weight is 568 g/mol. The van der Waals surface area contributed by atoms with Crippen LogP contribution < -0.4 is 0 Å². The van der Waals surface area contributed by atoms with E-state index in [0.29, 0.717) is 27.1 Å². The number of hydrogen-bond acceptors (Lipinski definition) is 6. The molecule has 7 rings (SSSR count). The molecule has 1 aliphatic heterocycles. The number of rotatable bonds is 6. The van der Waals surface area contributed by atoms with Crippen molar-refractivity contribution in [2.24, 2.45) is 17.8 Å². The van der Waals surface area contributed by atoms with Gasteiger partial charge in [-0.05, 0) is 39.6 Å². The SMILES string of the molecule is CC(C)[C@@H](C(=O)OCC(=O)c1cccs1)N1C(=O)[C@@H]2[C@@H](C1=O)C1(Cl)c3ccccc3C2(Cl)c2ccccc21. The van der Waals surface area contributed by atoms with E-state index in [1.165, 1.54) is 11.3 Å². The predicted octanol–water partition coefficient (Wildman–Crippen LogP) is 5.09. The number of esters is 1. The molecule has 1 aromatic heterocycles. The number of ketones is 1. The first-order chi connectivity index (χ1) is 18.1. The van der Waals surface area contributed by atoms with Gasteiger partial charge in [-0.25, -0.2) is 4.79 Å². The van der Waals surface area contributed by atoms with Gasteiger partial charge in [-0.2, -0.15) is 0 Å². The summed E-state index contributed by atoms with van der Waals surface area (Å²) in [5.74, 6) is -4.81. The molecule has 0 saturated carbocycles. The summed E-state index contributed by atoms with van der Waals surface area (Å²) in [7, 11) is 0. The van der Waals surface area contributed by atoms with Crippen molar-refractivity contribution in [2.75, 3.05) is 6.61 Å². The Morgan fingerprint density at radius 1 is 0.868 bits per heavy atom. The summed E-state index contributed by atoms with van der Waals surface area (Å²) < 4.78 is 5.36. The van der Waals surface area contributed by atoms with Gasteiger partial charge in [0.25, 0.3) is 0 Å². The zero-order valence-electron chi connectivity index (χ0n) is 20.5. The number of hydrogen-bond donors (Lipinski definition) is 0. The van der Waals surface area contributed by atoms with Crippen LogP contribution in [0.5, 0.6) is 0 Å². The van der Waals surface area contributed by atoms with Gasteiger partial charge in [-0.3, -0.25) is 19.3 Å². The van der Waals surface area contributed by atoms with Gasteiger partial charge in [0.2, 0.25) is 17.6 Å². The summed E-state index contributed by atoms with van der Waals surface area (Å²) in [5.41, 5.74) is 2.74. The Morgan fingerprint density at radius 2 is 1.34 bits per heavy atom. The van der Waals surface area contributed by atoms with Gasteiger partial charge in [-0.15, -0.1) is 34.5 Å². The van der Waals surface area contributed by atoms with Gasteiger partial charge in [0.15, 0.2) is 6.61 Å². The second kappa shape index (κ2) is 8.76. The number of amides is 2. The number of Topliss-reactive ketones (excluding diaryl/α,β-unsaturated/α-hetero) is 1. The lowest BCUT2D eigenvalue weighted by Crippen LogP contribution is -2.57. The van der Waals surface area contributed by atoms with Gasteiger partial charge >= 0.3 is 5.97 Å². The van der Waals surface area contributed by atoms with Crippen LogP contribution in [-0.4, -0.2) is 41.1 Å². The van der Waals surface area contributed by atoms with Crippen molar-refractivity contribution < 1.29 is 23.9 Å². The van der Waals surface area contributed by atoms with E-state index in [-0.39, 0.29) is 5.78 Å². The Bertz CT molecular complexity index is 1380. The number of halogens is 2. The van der Waals surface area contributed by atoms with Crippen molar-refractivity contribution in [1.82, 2.24) is 4.90 Å². The second-order valence-corrected chi connectivity index (χ2v) is 12.4. The summed E-state index contributed by atoms with van der Waals surface area (Å²) in [6.45, 7) is 2.96. The minimum absolute atomic E-state index is 0.355. The van der Waals surface area contributed by atoms with Gasteiger partial charge in [0.05, 0.1) is 16.7 Å². The van der Waals surface area contributed by atoms with Crippen LogP contribution in [0.2, 0.25) is 0 Å². The molecule has 1 fully saturated rings. The number of carbonyl (C=O) groups excluding carboxylic acids is 4. The van der Waals surface area contributed by atoms with E-state index in [0.717, 1.165) is 4.90 Å². The normalized spacial score (nSPS) is 27.7. The van der Waals surface area contributed by atoms with Crippen molar-refractivity contribution in [3.05, 3.63) is 93.2 Å². The zero-order chi connectivity index (χ0) is 27.0. The molecular formula is C29H23Cl2NO5S. The number of benzene rings is 2. The predicted molar refractivity (Wildman–Crippen MR) is 143 cm³/mol. The molecule has 3 aromatic rings. The summed E-state index contributed by atoms with van der Waals surface area (Å²) in [6.07, 6.45) is 0. The largest absolute Gasteiger partial charge is 0.456 e. The molecule has 1 saturated heterocycles. The van der Waals surface area contributed by atoms with E-state index < -0.39 is 57.9 Å². The molecule has 3 aliphatic carbocycles. The molecule has 0 N–H and O–H groups in total. The molecular weight excluding hydrogens is 545 g/mol. The van der Waals surface area contributed by atoms with Gasteiger partial charge in [0, 0.05) is 0 Å². The molecule has 0 spiro atoms. The van der Waals surface area contributed by atoms with Crippen LogP contribution in [0.15, 0.2) is 66.0 Å². The average Bonchev–Trinajstić information content (AvgIpc) is 3.54. The monoisotopic (exact) mass is 567 g/mol. The third kappa shape index (κ3) is 3.19. The number of thiophene rings is 1. The number of ether oxygens (including phenoxy) is 1. The minimum atomic E-state index is -1.34. The molecule has 2 amide bonds. The number of carbonyl (C=O) groups is 4. The number of alkyl halides is 2. The molecule has 6 nitrogen and oxygen atoms in total. The Labute approximate surface area is 233 Å². The first-order valence-electron chi connectivity index (χ1n) is 12.3. The van der Waals surface area contributed by atoms with E-state index >= 15 is 0 Å². The summed E-state index contributed by atoms with van der Waals surface area (Å²) >= 11 is 16.1. The third-order valence-corrected chi connectivity index (χ3v) is 10.1. The first kappa shape index (κ1) is 25.3. The standard InChI is InChI=1S/C29H23Cl2NO5S/c1-15(2)24(27(36)37-14-20(33)21-12-7-13-38-21)32-25(34)22-23(26(32)35)29(31)17-9-4-3-8-16(17)28(22,30)18-10-5-6-11-19(18)29/h3-13,15,22-24H,14H2,1-2H3/t22-,23-,24-,28?,29?/m0/s1. The van der Waals surface area contributed by atoms with E-state index in [1.807, 2.05) is 48.5 Å². The molecule has 38 heavy (non-hydrogen) atoms. The fourth-order valence-corrected chi connectivity index (χ4v) is 8.12. The molecule has 0 radical (unpaired) electrons. The van der Waals surface area contributed by atoms with E-state index in [4.69, 9.17) is 27.9 Å². The summed E-state index contributed by atoms with van der Waals surface area (Å²) in [4.78, 5) is 52.9. The maximum atomic E-state index is 14.2. The topological polar surface area (TPSA) is 80.8 Å².